The SMILES string of the molecule is CNC(=S)N(C)Cc1cnn(C)c1C. The van der Waals surface area contributed by atoms with Gasteiger partial charge in [0.15, 0.2) is 5.11 Å². The van der Waals surface area contributed by atoms with Crippen molar-refractivity contribution >= 4 is 17.3 Å². The highest BCUT2D eigenvalue weighted by Crippen LogP contribution is 2.08. The molecule has 0 amide bonds. The maximum atomic E-state index is 5.11. The fraction of sp³-hybridized carbons (Fsp3) is 0.556. The molecule has 1 rings (SSSR count). The van der Waals surface area contributed by atoms with Crippen LogP contribution >= 0.6 is 12.2 Å². The van der Waals surface area contributed by atoms with Crippen LogP contribution in [0.25, 0.3) is 0 Å². The summed E-state index contributed by atoms with van der Waals surface area (Å²) in [6, 6.07) is 0. The Morgan fingerprint density at radius 2 is 2.36 bits per heavy atom. The second kappa shape index (κ2) is 4.41. The summed E-state index contributed by atoms with van der Waals surface area (Å²) in [5.74, 6) is 0. The average Bonchev–Trinajstić information content (AvgIpc) is 2.48. The van der Waals surface area contributed by atoms with Crippen molar-refractivity contribution in [1.29, 1.82) is 0 Å². The number of thiocarbonyl (C=S) groups is 1. The lowest BCUT2D eigenvalue weighted by Crippen LogP contribution is -2.34. The molecule has 14 heavy (non-hydrogen) atoms. The molecular formula is C9H16N4S. The highest BCUT2D eigenvalue weighted by Gasteiger charge is 2.08. The smallest absolute Gasteiger partial charge is 0.168 e. The van der Waals surface area contributed by atoms with Gasteiger partial charge in [0.05, 0.1) is 6.20 Å². The van der Waals surface area contributed by atoms with E-state index in [0.717, 1.165) is 11.7 Å². The summed E-state index contributed by atoms with van der Waals surface area (Å²) in [7, 11) is 5.73. The zero-order valence-corrected chi connectivity index (χ0v) is 9.85. The van der Waals surface area contributed by atoms with E-state index in [-0.39, 0.29) is 0 Å². The van der Waals surface area contributed by atoms with Gasteiger partial charge < -0.3 is 10.2 Å². The van der Waals surface area contributed by atoms with Crippen molar-refractivity contribution in [2.75, 3.05) is 14.1 Å². The molecule has 0 saturated heterocycles. The van der Waals surface area contributed by atoms with Crippen LogP contribution in [0.2, 0.25) is 0 Å². The Bertz CT molecular complexity index is 332. The largest absolute Gasteiger partial charge is 0.366 e. The minimum atomic E-state index is 0.744. The molecule has 0 aliphatic rings. The van der Waals surface area contributed by atoms with E-state index in [4.69, 9.17) is 12.2 Å². The molecule has 78 valence electrons. The minimum Gasteiger partial charge on any atom is -0.366 e. The van der Waals surface area contributed by atoms with Crippen LogP contribution in [0, 0.1) is 6.92 Å². The van der Waals surface area contributed by atoms with E-state index in [0.29, 0.717) is 0 Å². The van der Waals surface area contributed by atoms with Gasteiger partial charge in [-0.25, -0.2) is 0 Å². The molecule has 0 unspecified atom stereocenters. The van der Waals surface area contributed by atoms with Crippen LogP contribution in [0.3, 0.4) is 0 Å². The molecule has 0 radical (unpaired) electrons. The maximum absolute atomic E-state index is 5.11. The van der Waals surface area contributed by atoms with Crippen LogP contribution in [-0.4, -0.2) is 33.9 Å². The Morgan fingerprint density at radius 1 is 1.71 bits per heavy atom. The van der Waals surface area contributed by atoms with Gasteiger partial charge in [-0.05, 0) is 19.1 Å². The van der Waals surface area contributed by atoms with E-state index in [1.165, 1.54) is 11.3 Å². The molecule has 1 aromatic heterocycles. The third-order valence-corrected chi connectivity index (χ3v) is 2.82. The predicted molar refractivity (Wildman–Crippen MR) is 61.1 cm³/mol. The molecule has 0 aromatic carbocycles. The average molecular weight is 212 g/mol. The first kappa shape index (κ1) is 11.0. The summed E-state index contributed by atoms with van der Waals surface area (Å²) < 4.78 is 1.87. The number of rotatable bonds is 2. The molecule has 1 N–H and O–H groups in total. The zero-order chi connectivity index (χ0) is 10.7. The maximum Gasteiger partial charge on any atom is 0.168 e. The van der Waals surface area contributed by atoms with Gasteiger partial charge in [0, 0.05) is 38.9 Å². The molecule has 0 saturated carbocycles. The molecule has 4 nitrogen and oxygen atoms in total. The highest BCUT2D eigenvalue weighted by atomic mass is 32.1. The Hall–Kier alpha value is -1.10. The first-order valence-electron chi connectivity index (χ1n) is 4.46. The van der Waals surface area contributed by atoms with Crippen LogP contribution in [0.15, 0.2) is 6.20 Å². The van der Waals surface area contributed by atoms with Gasteiger partial charge >= 0.3 is 0 Å². The predicted octanol–water partition coefficient (Wildman–Crippen LogP) is 0.665. The molecule has 0 bridgehead atoms. The molecule has 0 spiro atoms. The Labute approximate surface area is 89.9 Å². The fourth-order valence-corrected chi connectivity index (χ4v) is 1.28. The molecule has 0 aliphatic carbocycles. The number of hydrogen-bond donors (Lipinski definition) is 1. The molecule has 0 fully saturated rings. The Balaban J connectivity index is 2.69. The van der Waals surface area contributed by atoms with Crippen molar-refractivity contribution in [3.05, 3.63) is 17.5 Å². The number of aryl methyl sites for hydroxylation is 1. The summed E-state index contributed by atoms with van der Waals surface area (Å²) in [5, 5.41) is 7.87. The summed E-state index contributed by atoms with van der Waals surface area (Å²) in [6.07, 6.45) is 1.88. The highest BCUT2D eigenvalue weighted by molar-refractivity contribution is 7.80. The second-order valence-electron chi connectivity index (χ2n) is 3.29. The van der Waals surface area contributed by atoms with E-state index in [2.05, 4.69) is 17.3 Å². The standard InChI is InChI=1S/C9H16N4S/c1-7-8(5-11-13(7)4)6-12(3)9(14)10-2/h5H,6H2,1-4H3,(H,10,14). The second-order valence-corrected chi connectivity index (χ2v) is 3.68. The molecule has 1 aromatic rings. The van der Waals surface area contributed by atoms with E-state index in [1.807, 2.05) is 36.9 Å². The quantitative estimate of drug-likeness (QED) is 0.730. The summed E-state index contributed by atoms with van der Waals surface area (Å²) in [4.78, 5) is 1.99. The van der Waals surface area contributed by atoms with E-state index in [1.54, 1.807) is 0 Å². The topological polar surface area (TPSA) is 33.1 Å². The van der Waals surface area contributed by atoms with Crippen LogP contribution in [-0.2, 0) is 13.6 Å². The summed E-state index contributed by atoms with van der Waals surface area (Å²) in [5.41, 5.74) is 2.38. The van der Waals surface area contributed by atoms with Gasteiger partial charge in [0.25, 0.3) is 0 Å². The van der Waals surface area contributed by atoms with Crippen molar-refractivity contribution in [2.24, 2.45) is 7.05 Å². The Kier molecular flexibility index (Phi) is 3.46. The zero-order valence-electron chi connectivity index (χ0n) is 9.03. The van der Waals surface area contributed by atoms with Crippen LogP contribution < -0.4 is 5.32 Å². The van der Waals surface area contributed by atoms with E-state index < -0.39 is 0 Å². The first-order valence-corrected chi connectivity index (χ1v) is 4.87. The van der Waals surface area contributed by atoms with Crippen LogP contribution in [0.1, 0.15) is 11.3 Å². The van der Waals surface area contributed by atoms with Gasteiger partial charge in [-0.15, -0.1) is 0 Å². The third-order valence-electron chi connectivity index (χ3n) is 2.30. The number of nitrogens with zero attached hydrogens (tertiary/aromatic N) is 3. The van der Waals surface area contributed by atoms with Gasteiger partial charge in [-0.1, -0.05) is 0 Å². The van der Waals surface area contributed by atoms with E-state index >= 15 is 0 Å². The van der Waals surface area contributed by atoms with E-state index in [9.17, 15) is 0 Å². The number of nitrogens with one attached hydrogen (secondary N) is 1. The monoisotopic (exact) mass is 212 g/mol. The molecule has 0 atom stereocenters. The lowest BCUT2D eigenvalue weighted by atomic mass is 10.2. The van der Waals surface area contributed by atoms with Crippen molar-refractivity contribution in [1.82, 2.24) is 20.0 Å². The molecule has 0 aliphatic heterocycles. The van der Waals surface area contributed by atoms with Gasteiger partial charge in [-0.2, -0.15) is 5.10 Å². The summed E-state index contributed by atoms with van der Waals surface area (Å²) >= 11 is 5.11. The lowest BCUT2D eigenvalue weighted by molar-refractivity contribution is 0.493. The Morgan fingerprint density at radius 3 is 2.79 bits per heavy atom. The third kappa shape index (κ3) is 2.23. The summed E-state index contributed by atoms with van der Waals surface area (Å²) in [6.45, 7) is 2.85. The number of hydrogen-bond acceptors (Lipinski definition) is 2. The molecular weight excluding hydrogens is 196 g/mol. The molecule has 1 heterocycles. The van der Waals surface area contributed by atoms with Crippen molar-refractivity contribution < 1.29 is 0 Å². The normalized spacial score (nSPS) is 10.0. The minimum absolute atomic E-state index is 0.744. The number of aromatic nitrogens is 2. The fourth-order valence-electron chi connectivity index (χ4n) is 1.22. The lowest BCUT2D eigenvalue weighted by Gasteiger charge is -2.18. The van der Waals surface area contributed by atoms with Crippen LogP contribution in [0.4, 0.5) is 0 Å². The van der Waals surface area contributed by atoms with Gasteiger partial charge in [0.1, 0.15) is 0 Å². The van der Waals surface area contributed by atoms with Crippen molar-refractivity contribution in [3.8, 4) is 0 Å². The first-order chi connectivity index (χ1) is 6.56. The van der Waals surface area contributed by atoms with Crippen molar-refractivity contribution in [2.45, 2.75) is 13.5 Å². The van der Waals surface area contributed by atoms with Gasteiger partial charge in [0.2, 0.25) is 0 Å². The van der Waals surface area contributed by atoms with Gasteiger partial charge in [-0.3, -0.25) is 4.68 Å². The van der Waals surface area contributed by atoms with Crippen molar-refractivity contribution in [3.63, 3.8) is 0 Å². The van der Waals surface area contributed by atoms with Crippen LogP contribution in [0.5, 0.6) is 0 Å². The molecule has 5 heteroatoms.